The Balaban J connectivity index is 1.41. The number of morpholine rings is 1. The normalized spacial score (nSPS) is 17.4. The molecule has 1 unspecified atom stereocenters. The van der Waals surface area contributed by atoms with Gasteiger partial charge in [0.05, 0.1) is 19.3 Å². The summed E-state index contributed by atoms with van der Waals surface area (Å²) in [5.74, 6) is 0.809. The van der Waals surface area contributed by atoms with Crippen LogP contribution in [0.2, 0.25) is 0 Å². The van der Waals surface area contributed by atoms with E-state index in [1.54, 1.807) is 11.7 Å². The largest absolute Gasteiger partial charge is 0.370 e. The molecule has 1 saturated heterocycles. The lowest BCUT2D eigenvalue weighted by Crippen LogP contribution is -2.48. The summed E-state index contributed by atoms with van der Waals surface area (Å²) in [6.45, 7) is 3.51. The second-order valence-corrected chi connectivity index (χ2v) is 6.70. The Labute approximate surface area is 165 Å². The number of rotatable bonds is 6. The molecule has 1 aromatic carbocycles. The summed E-state index contributed by atoms with van der Waals surface area (Å²) in [4.78, 5) is 18.6. The zero-order valence-electron chi connectivity index (χ0n) is 16.5. The monoisotopic (exact) mass is 384 g/mol. The number of aromatic nitrogens is 2. The van der Waals surface area contributed by atoms with Crippen molar-refractivity contribution in [3.8, 4) is 0 Å². The third-order valence-electron chi connectivity index (χ3n) is 4.63. The van der Waals surface area contributed by atoms with E-state index in [9.17, 15) is 4.79 Å². The van der Waals surface area contributed by atoms with Crippen molar-refractivity contribution in [1.82, 2.24) is 25.3 Å². The van der Waals surface area contributed by atoms with Crippen LogP contribution in [0.25, 0.3) is 0 Å². The molecule has 28 heavy (non-hydrogen) atoms. The van der Waals surface area contributed by atoms with Gasteiger partial charge in [-0.25, -0.2) is 0 Å². The highest BCUT2D eigenvalue weighted by Gasteiger charge is 2.24. The van der Waals surface area contributed by atoms with Crippen LogP contribution in [-0.2, 0) is 11.8 Å². The number of amides is 1. The number of hydrogen-bond donors (Lipinski definition) is 2. The Morgan fingerprint density at radius 2 is 2.07 bits per heavy atom. The minimum absolute atomic E-state index is 0.00818. The van der Waals surface area contributed by atoms with Crippen molar-refractivity contribution >= 4 is 11.9 Å². The van der Waals surface area contributed by atoms with Crippen molar-refractivity contribution in [3.05, 3.63) is 53.9 Å². The van der Waals surface area contributed by atoms with Crippen molar-refractivity contribution in [2.75, 3.05) is 39.8 Å². The molecule has 150 valence electrons. The number of aliphatic imine (C=N–C) groups is 1. The van der Waals surface area contributed by atoms with Crippen LogP contribution in [0.3, 0.4) is 0 Å². The molecule has 1 fully saturated rings. The van der Waals surface area contributed by atoms with Gasteiger partial charge in [-0.05, 0) is 18.6 Å². The maximum Gasteiger partial charge on any atom is 0.251 e. The standard InChI is InChI=1S/C20H28N6O2/c1-21-20(23-10-6-9-22-19(27)16-7-4-3-5-8-16)26-11-12-28-18(15-26)17-13-24-25(2)14-17/h3-5,7-8,13-14,18H,6,9-12,15H2,1-2H3,(H,21,23)(H,22,27). The molecule has 1 amide bonds. The molecular weight excluding hydrogens is 356 g/mol. The van der Waals surface area contributed by atoms with E-state index in [0.717, 1.165) is 37.6 Å². The molecule has 0 bridgehead atoms. The van der Waals surface area contributed by atoms with Crippen molar-refractivity contribution < 1.29 is 9.53 Å². The molecule has 2 aromatic rings. The number of carbonyl (C=O) groups is 1. The fourth-order valence-electron chi connectivity index (χ4n) is 3.16. The Kier molecular flexibility index (Phi) is 7.02. The predicted molar refractivity (Wildman–Crippen MR) is 108 cm³/mol. The number of nitrogens with one attached hydrogen (secondary N) is 2. The Morgan fingerprint density at radius 1 is 1.29 bits per heavy atom. The van der Waals surface area contributed by atoms with Gasteiger partial charge in [-0.2, -0.15) is 5.10 Å². The molecule has 0 spiro atoms. The SMILES string of the molecule is CN=C(NCCCNC(=O)c1ccccc1)N1CCOC(c2cnn(C)c2)C1. The van der Waals surface area contributed by atoms with Gasteiger partial charge in [-0.3, -0.25) is 14.5 Å². The quantitative estimate of drug-likeness (QED) is 0.444. The molecule has 8 nitrogen and oxygen atoms in total. The number of hydrogen-bond acceptors (Lipinski definition) is 4. The van der Waals surface area contributed by atoms with Gasteiger partial charge in [0.25, 0.3) is 5.91 Å². The number of carbonyl (C=O) groups excluding carboxylic acids is 1. The highest BCUT2D eigenvalue weighted by molar-refractivity contribution is 5.94. The van der Waals surface area contributed by atoms with Gasteiger partial charge in [0.2, 0.25) is 0 Å². The third kappa shape index (κ3) is 5.32. The van der Waals surface area contributed by atoms with Crippen LogP contribution < -0.4 is 10.6 Å². The molecule has 1 aliphatic rings. The van der Waals surface area contributed by atoms with Crippen molar-refractivity contribution in [2.24, 2.45) is 12.0 Å². The minimum Gasteiger partial charge on any atom is -0.370 e. The number of benzene rings is 1. The van der Waals surface area contributed by atoms with E-state index in [-0.39, 0.29) is 12.0 Å². The molecule has 1 aliphatic heterocycles. The van der Waals surface area contributed by atoms with Crippen LogP contribution in [0.5, 0.6) is 0 Å². The van der Waals surface area contributed by atoms with Crippen LogP contribution in [0, 0.1) is 0 Å². The number of guanidine groups is 1. The summed E-state index contributed by atoms with van der Waals surface area (Å²) in [5, 5.41) is 10.5. The molecule has 2 heterocycles. The highest BCUT2D eigenvalue weighted by atomic mass is 16.5. The highest BCUT2D eigenvalue weighted by Crippen LogP contribution is 2.21. The van der Waals surface area contributed by atoms with Crippen molar-refractivity contribution in [2.45, 2.75) is 12.5 Å². The van der Waals surface area contributed by atoms with E-state index in [4.69, 9.17) is 4.74 Å². The fourth-order valence-corrected chi connectivity index (χ4v) is 3.16. The van der Waals surface area contributed by atoms with Gasteiger partial charge in [0.15, 0.2) is 5.96 Å². The van der Waals surface area contributed by atoms with Crippen molar-refractivity contribution in [3.63, 3.8) is 0 Å². The van der Waals surface area contributed by atoms with E-state index < -0.39 is 0 Å². The third-order valence-corrected chi connectivity index (χ3v) is 4.63. The van der Waals surface area contributed by atoms with Gasteiger partial charge in [0, 0.05) is 51.1 Å². The zero-order chi connectivity index (χ0) is 19.8. The topological polar surface area (TPSA) is 83.8 Å². The molecular formula is C20H28N6O2. The summed E-state index contributed by atoms with van der Waals surface area (Å²) in [6.07, 6.45) is 4.64. The van der Waals surface area contributed by atoms with Crippen LogP contribution in [-0.4, -0.2) is 66.4 Å². The van der Waals surface area contributed by atoms with Gasteiger partial charge in [0.1, 0.15) is 6.10 Å². The van der Waals surface area contributed by atoms with E-state index in [1.165, 1.54) is 0 Å². The first kappa shape index (κ1) is 19.9. The fraction of sp³-hybridized carbons (Fsp3) is 0.450. The second kappa shape index (κ2) is 9.89. The number of aryl methyl sites for hydroxylation is 1. The Hall–Kier alpha value is -2.87. The predicted octanol–water partition coefficient (Wildman–Crippen LogP) is 1.19. The van der Waals surface area contributed by atoms with E-state index in [0.29, 0.717) is 18.7 Å². The molecule has 3 rings (SSSR count). The molecule has 1 aromatic heterocycles. The Morgan fingerprint density at radius 3 is 2.79 bits per heavy atom. The minimum atomic E-state index is -0.0440. The maximum atomic E-state index is 12.0. The molecule has 0 saturated carbocycles. The van der Waals surface area contributed by atoms with Crippen LogP contribution in [0.1, 0.15) is 28.4 Å². The van der Waals surface area contributed by atoms with E-state index in [2.05, 4.69) is 25.6 Å². The second-order valence-electron chi connectivity index (χ2n) is 6.70. The molecule has 8 heteroatoms. The van der Waals surface area contributed by atoms with Gasteiger partial charge < -0.3 is 20.3 Å². The summed E-state index contributed by atoms with van der Waals surface area (Å²) < 4.78 is 7.67. The number of ether oxygens (including phenoxy) is 1. The number of nitrogens with zero attached hydrogens (tertiary/aromatic N) is 4. The smallest absolute Gasteiger partial charge is 0.251 e. The average molecular weight is 384 g/mol. The molecule has 2 N–H and O–H groups in total. The summed E-state index contributed by atoms with van der Waals surface area (Å²) in [7, 11) is 3.69. The van der Waals surface area contributed by atoms with E-state index in [1.807, 2.05) is 49.8 Å². The summed E-state index contributed by atoms with van der Waals surface area (Å²) >= 11 is 0. The van der Waals surface area contributed by atoms with Crippen LogP contribution >= 0.6 is 0 Å². The lowest BCUT2D eigenvalue weighted by atomic mass is 10.1. The zero-order valence-corrected chi connectivity index (χ0v) is 16.5. The van der Waals surface area contributed by atoms with Crippen LogP contribution in [0.4, 0.5) is 0 Å². The average Bonchev–Trinajstić information content (AvgIpc) is 3.17. The van der Waals surface area contributed by atoms with E-state index >= 15 is 0 Å². The molecule has 1 atom stereocenters. The lowest BCUT2D eigenvalue weighted by molar-refractivity contribution is -0.00801. The van der Waals surface area contributed by atoms with Gasteiger partial charge >= 0.3 is 0 Å². The lowest BCUT2D eigenvalue weighted by Gasteiger charge is -2.34. The first-order chi connectivity index (χ1) is 13.7. The van der Waals surface area contributed by atoms with Gasteiger partial charge in [-0.1, -0.05) is 18.2 Å². The maximum absolute atomic E-state index is 12.0. The first-order valence-corrected chi connectivity index (χ1v) is 9.56. The van der Waals surface area contributed by atoms with Crippen LogP contribution in [0.15, 0.2) is 47.7 Å². The van der Waals surface area contributed by atoms with Gasteiger partial charge in [-0.15, -0.1) is 0 Å². The molecule has 0 radical (unpaired) electrons. The Bertz CT molecular complexity index is 789. The summed E-state index contributed by atoms with van der Waals surface area (Å²) in [6, 6.07) is 9.25. The molecule has 0 aliphatic carbocycles. The first-order valence-electron chi connectivity index (χ1n) is 9.56. The van der Waals surface area contributed by atoms with Crippen molar-refractivity contribution in [1.29, 1.82) is 0 Å². The summed E-state index contributed by atoms with van der Waals surface area (Å²) in [5.41, 5.74) is 1.76.